The normalized spacial score (nSPS) is 11.9. The molecule has 5 heteroatoms. The van der Waals surface area contributed by atoms with Gasteiger partial charge in [0.05, 0.1) is 24.9 Å². The molecule has 100 valence electrons. The van der Waals surface area contributed by atoms with Crippen molar-refractivity contribution in [3.63, 3.8) is 0 Å². The van der Waals surface area contributed by atoms with Gasteiger partial charge in [-0.05, 0) is 30.7 Å². The lowest BCUT2D eigenvalue weighted by Gasteiger charge is -2.10. The fourth-order valence-electron chi connectivity index (χ4n) is 1.30. The number of esters is 1. The van der Waals surface area contributed by atoms with Gasteiger partial charge >= 0.3 is 5.97 Å². The van der Waals surface area contributed by atoms with E-state index in [9.17, 15) is 9.90 Å². The Morgan fingerprint density at radius 1 is 1.39 bits per heavy atom. The first-order valence-corrected chi connectivity index (χ1v) is 5.97. The molecule has 0 aromatic heterocycles. The van der Waals surface area contributed by atoms with Gasteiger partial charge in [0.2, 0.25) is 0 Å². The molecular weight excluding hydrogens is 234 g/mol. The van der Waals surface area contributed by atoms with E-state index in [-0.39, 0.29) is 19.1 Å². The average Bonchev–Trinajstić information content (AvgIpc) is 2.42. The number of carbonyl (C=O) groups is 1. The van der Waals surface area contributed by atoms with Crippen LogP contribution in [-0.4, -0.2) is 42.0 Å². The van der Waals surface area contributed by atoms with E-state index in [0.29, 0.717) is 12.2 Å². The fraction of sp³-hybridized carbons (Fsp3) is 0.462. The SMILES string of the molecule is CCCOC(=O)c1ccc(NCC(O)CO)cc1. The summed E-state index contributed by atoms with van der Waals surface area (Å²) in [5.41, 5.74) is 1.27. The number of hydrogen-bond acceptors (Lipinski definition) is 5. The third-order valence-corrected chi connectivity index (χ3v) is 2.31. The van der Waals surface area contributed by atoms with Gasteiger partial charge in [-0.3, -0.25) is 0 Å². The Bertz CT molecular complexity index is 364. The van der Waals surface area contributed by atoms with Gasteiger partial charge in [-0.25, -0.2) is 4.79 Å². The summed E-state index contributed by atoms with van der Waals surface area (Å²) >= 11 is 0. The Labute approximate surface area is 106 Å². The van der Waals surface area contributed by atoms with Crippen LogP contribution in [0.25, 0.3) is 0 Å². The van der Waals surface area contributed by atoms with Crippen molar-refractivity contribution in [3.05, 3.63) is 29.8 Å². The first kappa shape index (κ1) is 14.5. The average molecular weight is 253 g/mol. The number of hydrogen-bond donors (Lipinski definition) is 3. The highest BCUT2D eigenvalue weighted by atomic mass is 16.5. The molecule has 1 unspecified atom stereocenters. The Morgan fingerprint density at radius 2 is 2.06 bits per heavy atom. The maximum absolute atomic E-state index is 11.5. The van der Waals surface area contributed by atoms with Gasteiger partial charge < -0.3 is 20.3 Å². The predicted octanol–water partition coefficient (Wildman–Crippen LogP) is 1.02. The Kier molecular flexibility index (Phi) is 6.18. The maximum atomic E-state index is 11.5. The van der Waals surface area contributed by atoms with Crippen molar-refractivity contribution in [2.24, 2.45) is 0 Å². The van der Waals surface area contributed by atoms with Crippen LogP contribution < -0.4 is 5.32 Å². The van der Waals surface area contributed by atoms with E-state index in [0.717, 1.165) is 12.1 Å². The molecule has 0 amide bonds. The molecule has 18 heavy (non-hydrogen) atoms. The number of aliphatic hydroxyl groups excluding tert-OH is 2. The van der Waals surface area contributed by atoms with Crippen LogP contribution in [0.3, 0.4) is 0 Å². The summed E-state index contributed by atoms with van der Waals surface area (Å²) in [5, 5.41) is 20.8. The summed E-state index contributed by atoms with van der Waals surface area (Å²) in [4.78, 5) is 11.5. The molecule has 1 aromatic carbocycles. The number of aliphatic hydroxyl groups is 2. The van der Waals surface area contributed by atoms with Crippen LogP contribution in [0.4, 0.5) is 5.69 Å². The minimum Gasteiger partial charge on any atom is -0.462 e. The molecule has 0 heterocycles. The summed E-state index contributed by atoms with van der Waals surface area (Å²) in [6, 6.07) is 6.77. The van der Waals surface area contributed by atoms with Crippen LogP contribution in [0.1, 0.15) is 23.7 Å². The van der Waals surface area contributed by atoms with Crippen molar-refractivity contribution in [1.82, 2.24) is 0 Å². The zero-order valence-electron chi connectivity index (χ0n) is 10.4. The van der Waals surface area contributed by atoms with Crippen molar-refractivity contribution in [2.45, 2.75) is 19.4 Å². The highest BCUT2D eigenvalue weighted by Gasteiger charge is 2.06. The minimum atomic E-state index is -0.792. The lowest BCUT2D eigenvalue weighted by atomic mass is 10.2. The van der Waals surface area contributed by atoms with E-state index in [4.69, 9.17) is 9.84 Å². The van der Waals surface area contributed by atoms with Crippen LogP contribution in [0.2, 0.25) is 0 Å². The quantitative estimate of drug-likeness (QED) is 0.632. The van der Waals surface area contributed by atoms with E-state index < -0.39 is 6.10 Å². The molecule has 0 aliphatic carbocycles. The second kappa shape index (κ2) is 7.68. The lowest BCUT2D eigenvalue weighted by molar-refractivity contribution is 0.0505. The molecule has 0 radical (unpaired) electrons. The molecule has 3 N–H and O–H groups in total. The van der Waals surface area contributed by atoms with Gasteiger partial charge in [-0.1, -0.05) is 6.92 Å². The molecule has 1 atom stereocenters. The molecule has 0 spiro atoms. The summed E-state index contributed by atoms with van der Waals surface area (Å²) in [5.74, 6) is -0.334. The molecule has 0 aliphatic rings. The van der Waals surface area contributed by atoms with Crippen molar-refractivity contribution >= 4 is 11.7 Å². The van der Waals surface area contributed by atoms with Crippen molar-refractivity contribution in [1.29, 1.82) is 0 Å². The first-order valence-electron chi connectivity index (χ1n) is 5.97. The van der Waals surface area contributed by atoms with Gasteiger partial charge in [-0.2, -0.15) is 0 Å². The number of anilines is 1. The summed E-state index contributed by atoms with van der Waals surface area (Å²) in [6.45, 7) is 2.33. The zero-order valence-corrected chi connectivity index (χ0v) is 10.4. The van der Waals surface area contributed by atoms with Gasteiger partial charge in [0.15, 0.2) is 0 Å². The molecule has 5 nitrogen and oxygen atoms in total. The molecule has 0 saturated carbocycles. The van der Waals surface area contributed by atoms with Crippen molar-refractivity contribution < 1.29 is 19.7 Å². The largest absolute Gasteiger partial charge is 0.462 e. The third kappa shape index (κ3) is 4.73. The van der Waals surface area contributed by atoms with E-state index >= 15 is 0 Å². The molecule has 1 rings (SSSR count). The Morgan fingerprint density at radius 3 is 2.61 bits per heavy atom. The van der Waals surface area contributed by atoms with Gasteiger partial charge in [0, 0.05) is 12.2 Å². The highest BCUT2D eigenvalue weighted by Crippen LogP contribution is 2.10. The van der Waals surface area contributed by atoms with Crippen LogP contribution >= 0.6 is 0 Å². The molecule has 0 aliphatic heterocycles. The zero-order chi connectivity index (χ0) is 13.4. The van der Waals surface area contributed by atoms with Crippen LogP contribution in [-0.2, 0) is 4.74 Å². The standard InChI is InChI=1S/C13H19NO4/c1-2-7-18-13(17)10-3-5-11(6-4-10)14-8-12(16)9-15/h3-6,12,14-16H,2,7-9H2,1H3. The lowest BCUT2D eigenvalue weighted by Crippen LogP contribution is -2.22. The summed E-state index contributed by atoms with van der Waals surface area (Å²) < 4.78 is 5.00. The Balaban J connectivity index is 2.49. The number of ether oxygens (including phenoxy) is 1. The van der Waals surface area contributed by atoms with Crippen molar-refractivity contribution in [3.8, 4) is 0 Å². The van der Waals surface area contributed by atoms with Crippen molar-refractivity contribution in [2.75, 3.05) is 25.1 Å². The second-order valence-electron chi connectivity index (χ2n) is 3.93. The summed E-state index contributed by atoms with van der Waals surface area (Å²) in [6.07, 6.45) is 0.00365. The molecule has 0 saturated heterocycles. The monoisotopic (exact) mass is 253 g/mol. The van der Waals surface area contributed by atoms with Gasteiger partial charge in [0.25, 0.3) is 0 Å². The molecular formula is C13H19NO4. The number of carbonyl (C=O) groups excluding carboxylic acids is 1. The number of rotatable bonds is 7. The summed E-state index contributed by atoms with van der Waals surface area (Å²) in [7, 11) is 0. The number of benzene rings is 1. The first-order chi connectivity index (χ1) is 8.67. The van der Waals surface area contributed by atoms with Crippen LogP contribution in [0.5, 0.6) is 0 Å². The van der Waals surface area contributed by atoms with E-state index in [2.05, 4.69) is 5.32 Å². The topological polar surface area (TPSA) is 78.8 Å². The van der Waals surface area contributed by atoms with E-state index in [1.807, 2.05) is 6.92 Å². The third-order valence-electron chi connectivity index (χ3n) is 2.31. The Hall–Kier alpha value is -1.59. The minimum absolute atomic E-state index is 0.260. The van der Waals surface area contributed by atoms with Crippen LogP contribution in [0.15, 0.2) is 24.3 Å². The fourth-order valence-corrected chi connectivity index (χ4v) is 1.30. The van der Waals surface area contributed by atoms with Gasteiger partial charge in [-0.15, -0.1) is 0 Å². The van der Waals surface area contributed by atoms with Gasteiger partial charge in [0.1, 0.15) is 0 Å². The highest BCUT2D eigenvalue weighted by molar-refractivity contribution is 5.89. The maximum Gasteiger partial charge on any atom is 0.338 e. The molecule has 0 bridgehead atoms. The second-order valence-corrected chi connectivity index (χ2v) is 3.93. The predicted molar refractivity (Wildman–Crippen MR) is 68.6 cm³/mol. The molecule has 0 fully saturated rings. The van der Waals surface area contributed by atoms with Crippen LogP contribution in [0, 0.1) is 0 Å². The van der Waals surface area contributed by atoms with E-state index in [1.165, 1.54) is 0 Å². The smallest absolute Gasteiger partial charge is 0.338 e. The van der Waals surface area contributed by atoms with E-state index in [1.54, 1.807) is 24.3 Å². The number of nitrogens with one attached hydrogen (secondary N) is 1. The molecule has 1 aromatic rings.